The molecule has 0 saturated carbocycles. The minimum Gasteiger partial charge on any atom is -0.394 e. The fourth-order valence-electron chi connectivity index (χ4n) is 1.67. The van der Waals surface area contributed by atoms with Gasteiger partial charge in [-0.15, -0.1) is 0 Å². The molecule has 0 aromatic carbocycles. The third kappa shape index (κ3) is 3.09. The SMILES string of the molecule is CC(N)(CO)CC1CCOCC1. The molecule has 1 atom stereocenters. The molecule has 12 heavy (non-hydrogen) atoms. The summed E-state index contributed by atoms with van der Waals surface area (Å²) in [7, 11) is 0. The van der Waals surface area contributed by atoms with Crippen molar-refractivity contribution < 1.29 is 9.84 Å². The Hall–Kier alpha value is -0.120. The molecule has 1 fully saturated rings. The van der Waals surface area contributed by atoms with Gasteiger partial charge in [-0.2, -0.15) is 0 Å². The number of nitrogens with two attached hydrogens (primary N) is 1. The van der Waals surface area contributed by atoms with Crippen LogP contribution in [0.25, 0.3) is 0 Å². The predicted octanol–water partition coefficient (Wildman–Crippen LogP) is 0.513. The Morgan fingerprint density at radius 3 is 2.58 bits per heavy atom. The molecular weight excluding hydrogens is 154 g/mol. The summed E-state index contributed by atoms with van der Waals surface area (Å²) >= 11 is 0. The van der Waals surface area contributed by atoms with Crippen molar-refractivity contribution in [1.29, 1.82) is 0 Å². The first-order valence-electron chi connectivity index (χ1n) is 4.61. The molecule has 3 nitrogen and oxygen atoms in total. The summed E-state index contributed by atoms with van der Waals surface area (Å²) < 4.78 is 5.24. The number of hydrogen-bond acceptors (Lipinski definition) is 3. The quantitative estimate of drug-likeness (QED) is 0.654. The van der Waals surface area contributed by atoms with Crippen molar-refractivity contribution in [2.24, 2.45) is 11.7 Å². The minimum absolute atomic E-state index is 0.0738. The van der Waals surface area contributed by atoms with E-state index in [0.29, 0.717) is 5.92 Å². The normalized spacial score (nSPS) is 25.2. The third-order valence-electron chi connectivity index (χ3n) is 2.46. The molecule has 0 aliphatic carbocycles. The second kappa shape index (κ2) is 4.21. The average molecular weight is 173 g/mol. The van der Waals surface area contributed by atoms with E-state index in [1.807, 2.05) is 6.92 Å². The van der Waals surface area contributed by atoms with Gasteiger partial charge in [0.1, 0.15) is 0 Å². The molecule has 1 heterocycles. The monoisotopic (exact) mass is 173 g/mol. The van der Waals surface area contributed by atoms with E-state index in [0.717, 1.165) is 32.5 Å². The smallest absolute Gasteiger partial charge is 0.0608 e. The van der Waals surface area contributed by atoms with Crippen molar-refractivity contribution in [1.82, 2.24) is 0 Å². The maximum atomic E-state index is 8.97. The highest BCUT2D eigenvalue weighted by Gasteiger charge is 2.24. The van der Waals surface area contributed by atoms with E-state index in [4.69, 9.17) is 15.6 Å². The van der Waals surface area contributed by atoms with Crippen LogP contribution >= 0.6 is 0 Å². The zero-order chi connectivity index (χ0) is 9.03. The van der Waals surface area contributed by atoms with E-state index >= 15 is 0 Å². The van der Waals surface area contributed by atoms with Crippen LogP contribution < -0.4 is 5.73 Å². The minimum atomic E-state index is -0.401. The van der Waals surface area contributed by atoms with Crippen molar-refractivity contribution in [3.63, 3.8) is 0 Å². The Morgan fingerprint density at radius 2 is 2.08 bits per heavy atom. The van der Waals surface area contributed by atoms with E-state index in [2.05, 4.69) is 0 Å². The molecule has 0 bridgehead atoms. The lowest BCUT2D eigenvalue weighted by Gasteiger charge is -2.30. The molecule has 1 saturated heterocycles. The van der Waals surface area contributed by atoms with Gasteiger partial charge < -0.3 is 15.6 Å². The molecule has 3 heteroatoms. The highest BCUT2D eigenvalue weighted by atomic mass is 16.5. The predicted molar refractivity (Wildman–Crippen MR) is 47.8 cm³/mol. The molecule has 1 unspecified atom stereocenters. The maximum Gasteiger partial charge on any atom is 0.0608 e. The van der Waals surface area contributed by atoms with Gasteiger partial charge in [0.05, 0.1) is 6.61 Å². The first-order valence-corrected chi connectivity index (χ1v) is 4.61. The summed E-state index contributed by atoms with van der Waals surface area (Å²) in [5, 5.41) is 8.97. The average Bonchev–Trinajstić information content (AvgIpc) is 2.06. The highest BCUT2D eigenvalue weighted by molar-refractivity contribution is 4.81. The number of hydrogen-bond donors (Lipinski definition) is 2. The molecule has 0 aromatic rings. The van der Waals surface area contributed by atoms with Crippen LogP contribution in [-0.4, -0.2) is 30.5 Å². The molecule has 0 amide bonds. The topological polar surface area (TPSA) is 55.5 Å². The Balaban J connectivity index is 2.28. The second-order valence-corrected chi connectivity index (χ2v) is 4.07. The summed E-state index contributed by atoms with van der Waals surface area (Å²) in [5.41, 5.74) is 5.46. The van der Waals surface area contributed by atoms with Gasteiger partial charge in [-0.25, -0.2) is 0 Å². The van der Waals surface area contributed by atoms with Gasteiger partial charge >= 0.3 is 0 Å². The van der Waals surface area contributed by atoms with Gasteiger partial charge in [0.2, 0.25) is 0 Å². The molecule has 1 aliphatic rings. The fraction of sp³-hybridized carbons (Fsp3) is 1.00. The van der Waals surface area contributed by atoms with Crippen LogP contribution in [0.2, 0.25) is 0 Å². The molecule has 1 aliphatic heterocycles. The van der Waals surface area contributed by atoms with Gasteiger partial charge in [0.15, 0.2) is 0 Å². The summed E-state index contributed by atoms with van der Waals surface area (Å²) in [5.74, 6) is 0.640. The van der Waals surface area contributed by atoms with Gasteiger partial charge in [-0.05, 0) is 32.1 Å². The summed E-state index contributed by atoms with van der Waals surface area (Å²) in [6, 6.07) is 0. The van der Waals surface area contributed by atoms with Crippen molar-refractivity contribution in [3.8, 4) is 0 Å². The number of aliphatic hydroxyl groups is 1. The van der Waals surface area contributed by atoms with Crippen LogP contribution in [0.15, 0.2) is 0 Å². The first kappa shape index (κ1) is 9.96. The molecule has 0 aromatic heterocycles. The number of ether oxygens (including phenoxy) is 1. The molecule has 72 valence electrons. The number of rotatable bonds is 3. The van der Waals surface area contributed by atoms with E-state index in [-0.39, 0.29) is 6.61 Å². The summed E-state index contributed by atoms with van der Waals surface area (Å²) in [6.07, 6.45) is 3.09. The van der Waals surface area contributed by atoms with Gasteiger partial charge in [0, 0.05) is 18.8 Å². The van der Waals surface area contributed by atoms with Crippen LogP contribution in [0, 0.1) is 5.92 Å². The highest BCUT2D eigenvalue weighted by Crippen LogP contribution is 2.23. The van der Waals surface area contributed by atoms with E-state index < -0.39 is 5.54 Å². The Bertz CT molecular complexity index is 130. The van der Waals surface area contributed by atoms with Crippen molar-refractivity contribution in [2.45, 2.75) is 31.7 Å². The Labute approximate surface area is 73.9 Å². The van der Waals surface area contributed by atoms with Crippen molar-refractivity contribution in [3.05, 3.63) is 0 Å². The Morgan fingerprint density at radius 1 is 1.50 bits per heavy atom. The van der Waals surface area contributed by atoms with E-state index in [1.165, 1.54) is 0 Å². The molecule has 3 N–H and O–H groups in total. The van der Waals surface area contributed by atoms with Crippen LogP contribution in [-0.2, 0) is 4.74 Å². The third-order valence-corrected chi connectivity index (χ3v) is 2.46. The van der Waals surface area contributed by atoms with Crippen molar-refractivity contribution >= 4 is 0 Å². The Kier molecular flexibility index (Phi) is 3.50. The maximum absolute atomic E-state index is 8.97. The first-order chi connectivity index (χ1) is 5.64. The van der Waals surface area contributed by atoms with E-state index in [1.54, 1.807) is 0 Å². The fourth-order valence-corrected chi connectivity index (χ4v) is 1.67. The molecular formula is C9H19NO2. The largest absolute Gasteiger partial charge is 0.394 e. The van der Waals surface area contributed by atoms with E-state index in [9.17, 15) is 0 Å². The summed E-state index contributed by atoms with van der Waals surface area (Å²) in [6.45, 7) is 3.69. The summed E-state index contributed by atoms with van der Waals surface area (Å²) in [4.78, 5) is 0. The standard InChI is InChI=1S/C9H19NO2/c1-9(10,7-11)6-8-2-4-12-5-3-8/h8,11H,2-7,10H2,1H3. The zero-order valence-corrected chi connectivity index (χ0v) is 7.75. The molecule has 1 rings (SSSR count). The van der Waals surface area contributed by atoms with Gasteiger partial charge in [-0.1, -0.05) is 0 Å². The lowest BCUT2D eigenvalue weighted by atomic mass is 9.86. The lowest BCUT2D eigenvalue weighted by Crippen LogP contribution is -2.42. The van der Waals surface area contributed by atoms with Crippen molar-refractivity contribution in [2.75, 3.05) is 19.8 Å². The second-order valence-electron chi connectivity index (χ2n) is 4.07. The lowest BCUT2D eigenvalue weighted by molar-refractivity contribution is 0.0517. The van der Waals surface area contributed by atoms with Crippen LogP contribution in [0.1, 0.15) is 26.2 Å². The number of aliphatic hydroxyl groups excluding tert-OH is 1. The zero-order valence-electron chi connectivity index (χ0n) is 7.75. The molecule has 0 spiro atoms. The van der Waals surface area contributed by atoms with Crippen LogP contribution in [0.5, 0.6) is 0 Å². The van der Waals surface area contributed by atoms with Gasteiger partial charge in [-0.3, -0.25) is 0 Å². The molecule has 0 radical (unpaired) electrons. The van der Waals surface area contributed by atoms with Gasteiger partial charge in [0.25, 0.3) is 0 Å². The van der Waals surface area contributed by atoms with Crippen LogP contribution in [0.3, 0.4) is 0 Å². The van der Waals surface area contributed by atoms with Crippen LogP contribution in [0.4, 0.5) is 0 Å².